The van der Waals surface area contributed by atoms with Crippen LogP contribution in [-0.2, 0) is 0 Å². The van der Waals surface area contributed by atoms with E-state index < -0.39 is 17.9 Å². The SMILES string of the molecule is N/C(=N\O)C(F)(F)C(F)(F)F. The van der Waals surface area contributed by atoms with E-state index >= 15 is 0 Å². The maximum Gasteiger partial charge on any atom is 0.461 e. The van der Waals surface area contributed by atoms with E-state index in [1.54, 1.807) is 5.16 Å². The van der Waals surface area contributed by atoms with Crippen molar-refractivity contribution in [3.8, 4) is 0 Å². The number of hydrogen-bond acceptors (Lipinski definition) is 2. The number of amidine groups is 1. The number of halogens is 5. The molecule has 0 saturated carbocycles. The Balaban J connectivity index is 4.74. The van der Waals surface area contributed by atoms with Gasteiger partial charge >= 0.3 is 12.1 Å². The van der Waals surface area contributed by atoms with Crippen LogP contribution in [0.2, 0.25) is 0 Å². The van der Waals surface area contributed by atoms with Gasteiger partial charge in [0.1, 0.15) is 0 Å². The van der Waals surface area contributed by atoms with E-state index in [9.17, 15) is 22.0 Å². The first kappa shape index (κ1) is 9.92. The number of hydrogen-bond donors (Lipinski definition) is 2. The number of nitrogens with two attached hydrogens (primary N) is 1. The van der Waals surface area contributed by atoms with Crippen LogP contribution in [0.1, 0.15) is 0 Å². The Morgan fingerprint density at radius 1 is 1.18 bits per heavy atom. The van der Waals surface area contributed by atoms with Crippen molar-refractivity contribution in [3.05, 3.63) is 0 Å². The van der Waals surface area contributed by atoms with Crippen LogP contribution in [0.4, 0.5) is 22.0 Å². The van der Waals surface area contributed by atoms with Crippen molar-refractivity contribution in [2.24, 2.45) is 10.9 Å². The van der Waals surface area contributed by atoms with E-state index in [1.165, 1.54) is 0 Å². The maximum atomic E-state index is 11.8. The molecule has 0 bridgehead atoms. The van der Waals surface area contributed by atoms with Gasteiger partial charge in [0.2, 0.25) is 5.84 Å². The average Bonchev–Trinajstić information content (AvgIpc) is 1.83. The van der Waals surface area contributed by atoms with E-state index in [4.69, 9.17) is 5.21 Å². The summed E-state index contributed by atoms with van der Waals surface area (Å²) in [4.78, 5) is 0. The second kappa shape index (κ2) is 2.51. The van der Waals surface area contributed by atoms with E-state index in [-0.39, 0.29) is 0 Å². The van der Waals surface area contributed by atoms with Gasteiger partial charge in [-0.3, -0.25) is 0 Å². The summed E-state index contributed by atoms with van der Waals surface area (Å²) in [6.45, 7) is 0. The molecule has 3 nitrogen and oxygen atoms in total. The first-order valence-corrected chi connectivity index (χ1v) is 2.16. The van der Waals surface area contributed by atoms with E-state index in [2.05, 4.69) is 5.73 Å². The second-order valence-corrected chi connectivity index (χ2v) is 1.56. The van der Waals surface area contributed by atoms with Crippen LogP contribution in [0.15, 0.2) is 5.16 Å². The quantitative estimate of drug-likeness (QED) is 0.206. The highest BCUT2D eigenvalue weighted by atomic mass is 19.4. The first-order valence-electron chi connectivity index (χ1n) is 2.16. The monoisotopic (exact) mass is 178 g/mol. The fourth-order valence-electron chi connectivity index (χ4n) is 0.208. The molecule has 0 aliphatic carbocycles. The molecular weight excluding hydrogens is 175 g/mol. The summed E-state index contributed by atoms with van der Waals surface area (Å²) in [6, 6.07) is 0. The van der Waals surface area contributed by atoms with Gasteiger partial charge in [-0.15, -0.1) is 0 Å². The summed E-state index contributed by atoms with van der Waals surface area (Å²) in [5.41, 5.74) is 4.07. The largest absolute Gasteiger partial charge is 0.461 e. The Morgan fingerprint density at radius 3 is 1.64 bits per heavy atom. The van der Waals surface area contributed by atoms with Crippen molar-refractivity contribution >= 4 is 5.84 Å². The minimum atomic E-state index is -5.83. The zero-order valence-electron chi connectivity index (χ0n) is 4.86. The lowest BCUT2D eigenvalue weighted by atomic mass is 10.3. The van der Waals surface area contributed by atoms with Crippen LogP contribution in [-0.4, -0.2) is 23.1 Å². The van der Waals surface area contributed by atoms with E-state index in [1.807, 2.05) is 0 Å². The summed E-state index contributed by atoms with van der Waals surface area (Å²) < 4.78 is 57.3. The molecule has 0 atom stereocenters. The molecule has 0 radical (unpaired) electrons. The van der Waals surface area contributed by atoms with Gasteiger partial charge in [0.25, 0.3) is 0 Å². The number of oxime groups is 1. The Hall–Kier alpha value is -1.08. The van der Waals surface area contributed by atoms with E-state index in [0.29, 0.717) is 0 Å². The molecule has 0 rings (SSSR count). The third-order valence-corrected chi connectivity index (χ3v) is 0.785. The predicted molar refractivity (Wildman–Crippen MR) is 24.4 cm³/mol. The van der Waals surface area contributed by atoms with Crippen molar-refractivity contribution in [3.63, 3.8) is 0 Å². The topological polar surface area (TPSA) is 58.6 Å². The zero-order chi connectivity index (χ0) is 9.28. The summed E-state index contributed by atoms with van der Waals surface area (Å²) in [7, 11) is 0. The van der Waals surface area contributed by atoms with Gasteiger partial charge in [0.15, 0.2) is 0 Å². The maximum absolute atomic E-state index is 11.8. The Labute approximate surface area is 57.3 Å². The van der Waals surface area contributed by atoms with Crippen molar-refractivity contribution < 1.29 is 27.2 Å². The van der Waals surface area contributed by atoms with E-state index in [0.717, 1.165) is 0 Å². The molecule has 8 heteroatoms. The molecule has 3 N–H and O–H groups in total. The fourth-order valence-corrected chi connectivity index (χ4v) is 0.208. The smallest absolute Gasteiger partial charge is 0.409 e. The van der Waals surface area contributed by atoms with Crippen LogP contribution >= 0.6 is 0 Å². The molecule has 0 unspecified atom stereocenters. The lowest BCUT2D eigenvalue weighted by molar-refractivity contribution is -0.250. The molecule has 66 valence electrons. The summed E-state index contributed by atoms with van der Waals surface area (Å²) >= 11 is 0. The predicted octanol–water partition coefficient (Wildman–Crippen LogP) is 0.930. The lowest BCUT2D eigenvalue weighted by Gasteiger charge is -2.16. The normalized spacial score (nSPS) is 15.2. The molecule has 0 saturated heterocycles. The third-order valence-electron chi connectivity index (χ3n) is 0.785. The Kier molecular flexibility index (Phi) is 2.27. The molecule has 0 fully saturated rings. The Bertz CT molecular complexity index is 173. The molecule has 0 aromatic rings. The molecule has 0 amide bonds. The van der Waals surface area contributed by atoms with Crippen LogP contribution in [0.25, 0.3) is 0 Å². The summed E-state index contributed by atoms with van der Waals surface area (Å²) in [5.74, 6) is -7.45. The molecule has 0 aliphatic heterocycles. The van der Waals surface area contributed by atoms with Crippen molar-refractivity contribution in [1.82, 2.24) is 0 Å². The number of alkyl halides is 5. The lowest BCUT2D eigenvalue weighted by Crippen LogP contribution is -2.48. The Morgan fingerprint density at radius 2 is 1.55 bits per heavy atom. The van der Waals surface area contributed by atoms with Gasteiger partial charge in [-0.1, -0.05) is 5.16 Å². The third kappa shape index (κ3) is 1.69. The first-order chi connectivity index (χ1) is 4.73. The number of nitrogens with zero attached hydrogens (tertiary/aromatic N) is 1. The average molecular weight is 178 g/mol. The van der Waals surface area contributed by atoms with Gasteiger partial charge in [-0.2, -0.15) is 22.0 Å². The molecule has 0 aromatic carbocycles. The van der Waals surface area contributed by atoms with Gasteiger partial charge in [-0.25, -0.2) is 0 Å². The van der Waals surface area contributed by atoms with Gasteiger partial charge in [0, 0.05) is 0 Å². The highest BCUT2D eigenvalue weighted by Crippen LogP contribution is 2.35. The van der Waals surface area contributed by atoms with Crippen molar-refractivity contribution in [1.29, 1.82) is 0 Å². The van der Waals surface area contributed by atoms with Gasteiger partial charge < -0.3 is 10.9 Å². The van der Waals surface area contributed by atoms with Gasteiger partial charge in [-0.05, 0) is 0 Å². The van der Waals surface area contributed by atoms with Crippen LogP contribution in [0, 0.1) is 0 Å². The summed E-state index contributed by atoms with van der Waals surface area (Å²) in [6.07, 6.45) is -5.83. The van der Waals surface area contributed by atoms with Crippen LogP contribution < -0.4 is 5.73 Å². The standard InChI is InChI=1S/C3H3F5N2O/c4-2(5,1(9)10-11)3(6,7)8/h11H,(H2,9,10). The van der Waals surface area contributed by atoms with Crippen molar-refractivity contribution in [2.75, 3.05) is 0 Å². The second-order valence-electron chi connectivity index (χ2n) is 1.56. The fraction of sp³-hybridized carbons (Fsp3) is 0.667. The minimum Gasteiger partial charge on any atom is -0.409 e. The van der Waals surface area contributed by atoms with Gasteiger partial charge in [0.05, 0.1) is 0 Å². The minimum absolute atomic E-state index is 1.55. The molecule has 0 aromatic heterocycles. The molecule has 11 heavy (non-hydrogen) atoms. The zero-order valence-corrected chi connectivity index (χ0v) is 4.86. The summed E-state index contributed by atoms with van der Waals surface area (Å²) in [5, 5.41) is 9.07. The number of rotatable bonds is 1. The van der Waals surface area contributed by atoms with Crippen LogP contribution in [0.3, 0.4) is 0 Å². The molecule has 0 spiro atoms. The molecular formula is C3H3F5N2O. The van der Waals surface area contributed by atoms with Crippen LogP contribution in [0.5, 0.6) is 0 Å². The molecule has 0 heterocycles. The highest BCUT2D eigenvalue weighted by molar-refractivity contribution is 5.87. The highest BCUT2D eigenvalue weighted by Gasteiger charge is 2.61. The van der Waals surface area contributed by atoms with Crippen molar-refractivity contribution in [2.45, 2.75) is 12.1 Å². The molecule has 0 aliphatic rings.